The molecule has 0 bridgehead atoms. The zero-order valence-corrected chi connectivity index (χ0v) is 11.4. The Morgan fingerprint density at radius 2 is 2.35 bits per heavy atom. The van der Waals surface area contributed by atoms with E-state index in [1.807, 2.05) is 11.3 Å². The molecule has 0 saturated carbocycles. The molecule has 1 N–H and O–H groups in total. The average Bonchev–Trinajstić information content (AvgIpc) is 3.09. The second-order valence-corrected chi connectivity index (χ2v) is 6.32. The molecule has 2 aliphatic heterocycles. The van der Waals surface area contributed by atoms with E-state index in [1.165, 1.54) is 43.6 Å². The van der Waals surface area contributed by atoms with Crippen molar-refractivity contribution in [3.8, 4) is 0 Å². The maximum Gasteiger partial charge on any atom is 0.0416 e. The molecule has 2 saturated heterocycles. The van der Waals surface area contributed by atoms with Gasteiger partial charge in [0.1, 0.15) is 0 Å². The lowest BCUT2D eigenvalue weighted by atomic mass is 10.0. The molecule has 3 rings (SSSR count). The van der Waals surface area contributed by atoms with Gasteiger partial charge < -0.3 is 5.32 Å². The van der Waals surface area contributed by atoms with Gasteiger partial charge in [0.2, 0.25) is 0 Å². The molecule has 2 aliphatic rings. The van der Waals surface area contributed by atoms with E-state index in [9.17, 15) is 0 Å². The highest BCUT2D eigenvalue weighted by Gasteiger charge is 2.35. The molecule has 17 heavy (non-hydrogen) atoms. The summed E-state index contributed by atoms with van der Waals surface area (Å²) in [7, 11) is 0. The minimum Gasteiger partial charge on any atom is -0.312 e. The summed E-state index contributed by atoms with van der Waals surface area (Å²) in [5, 5.41) is 5.89. The fourth-order valence-corrected chi connectivity index (χ4v) is 4.26. The predicted octanol–water partition coefficient (Wildman–Crippen LogP) is 3.03. The van der Waals surface area contributed by atoms with Crippen LogP contribution < -0.4 is 5.32 Å². The van der Waals surface area contributed by atoms with Gasteiger partial charge in [-0.3, -0.25) is 4.90 Å². The van der Waals surface area contributed by atoms with Crippen molar-refractivity contribution < 1.29 is 0 Å². The minimum absolute atomic E-state index is 0.602. The lowest BCUT2D eigenvalue weighted by Gasteiger charge is -2.33. The van der Waals surface area contributed by atoms with E-state index in [1.54, 1.807) is 0 Å². The highest BCUT2D eigenvalue weighted by molar-refractivity contribution is 7.10. The monoisotopic (exact) mass is 250 g/mol. The number of likely N-dealkylation sites (tertiary alicyclic amines) is 1. The van der Waals surface area contributed by atoms with Crippen molar-refractivity contribution in [3.63, 3.8) is 0 Å². The minimum atomic E-state index is 0.602. The molecular weight excluding hydrogens is 228 g/mol. The maximum absolute atomic E-state index is 3.69. The average molecular weight is 250 g/mol. The second kappa shape index (κ2) is 5.09. The van der Waals surface area contributed by atoms with E-state index in [0.717, 1.165) is 12.1 Å². The first-order chi connectivity index (χ1) is 8.36. The number of hydrogen-bond acceptors (Lipinski definition) is 3. The molecule has 0 amide bonds. The Balaban J connectivity index is 1.72. The highest BCUT2D eigenvalue weighted by atomic mass is 32.1. The zero-order chi connectivity index (χ0) is 11.7. The van der Waals surface area contributed by atoms with Gasteiger partial charge in [-0.25, -0.2) is 0 Å². The van der Waals surface area contributed by atoms with Gasteiger partial charge in [0.15, 0.2) is 0 Å². The molecule has 0 aliphatic carbocycles. The van der Waals surface area contributed by atoms with Gasteiger partial charge in [-0.05, 0) is 57.1 Å². The Morgan fingerprint density at radius 3 is 3.06 bits per heavy atom. The summed E-state index contributed by atoms with van der Waals surface area (Å²) in [6.07, 6.45) is 5.49. The highest BCUT2D eigenvalue weighted by Crippen LogP contribution is 2.34. The first-order valence-corrected chi connectivity index (χ1v) is 7.77. The molecule has 3 heterocycles. The van der Waals surface area contributed by atoms with Gasteiger partial charge in [-0.15, -0.1) is 11.3 Å². The summed E-state index contributed by atoms with van der Waals surface area (Å²) in [6.45, 7) is 4.88. The van der Waals surface area contributed by atoms with Crippen LogP contribution in [0.3, 0.4) is 0 Å². The van der Waals surface area contributed by atoms with Crippen molar-refractivity contribution in [2.45, 2.75) is 50.7 Å². The van der Waals surface area contributed by atoms with Crippen molar-refractivity contribution in [2.75, 3.05) is 13.1 Å². The van der Waals surface area contributed by atoms with E-state index in [0.29, 0.717) is 6.04 Å². The number of hydrogen-bond donors (Lipinski definition) is 1. The molecule has 1 aromatic heterocycles. The van der Waals surface area contributed by atoms with E-state index < -0.39 is 0 Å². The van der Waals surface area contributed by atoms with Crippen LogP contribution in [0.2, 0.25) is 0 Å². The van der Waals surface area contributed by atoms with Crippen molar-refractivity contribution in [2.24, 2.45) is 0 Å². The first kappa shape index (κ1) is 11.7. The number of nitrogens with zero attached hydrogens (tertiary/aromatic N) is 1. The smallest absolute Gasteiger partial charge is 0.0416 e. The lowest BCUT2D eigenvalue weighted by molar-refractivity contribution is 0.165. The Bertz CT molecular complexity index is 343. The van der Waals surface area contributed by atoms with Crippen LogP contribution in [-0.2, 0) is 0 Å². The molecule has 0 radical (unpaired) electrons. The Morgan fingerprint density at radius 1 is 1.41 bits per heavy atom. The molecule has 2 fully saturated rings. The first-order valence-electron chi connectivity index (χ1n) is 6.89. The molecule has 2 nitrogen and oxygen atoms in total. The predicted molar refractivity (Wildman–Crippen MR) is 73.5 cm³/mol. The summed E-state index contributed by atoms with van der Waals surface area (Å²) in [5.74, 6) is 0. The van der Waals surface area contributed by atoms with Gasteiger partial charge in [-0.2, -0.15) is 0 Å². The van der Waals surface area contributed by atoms with Crippen LogP contribution in [0.1, 0.15) is 43.5 Å². The van der Waals surface area contributed by atoms with Gasteiger partial charge in [-0.1, -0.05) is 6.07 Å². The molecule has 3 unspecified atom stereocenters. The fraction of sp³-hybridized carbons (Fsp3) is 0.714. The summed E-state index contributed by atoms with van der Waals surface area (Å²) in [6, 6.07) is 6.58. The van der Waals surface area contributed by atoms with E-state index in [4.69, 9.17) is 0 Å². The van der Waals surface area contributed by atoms with Gasteiger partial charge in [0.05, 0.1) is 0 Å². The normalized spacial score (nSPS) is 32.1. The van der Waals surface area contributed by atoms with Crippen LogP contribution in [-0.4, -0.2) is 30.1 Å². The Kier molecular flexibility index (Phi) is 3.50. The van der Waals surface area contributed by atoms with E-state index in [2.05, 4.69) is 34.7 Å². The molecule has 0 aromatic carbocycles. The third-order valence-electron chi connectivity index (χ3n) is 4.36. The molecule has 0 spiro atoms. The molecule has 94 valence electrons. The third kappa shape index (κ3) is 2.28. The number of nitrogens with one attached hydrogen (secondary N) is 1. The van der Waals surface area contributed by atoms with Crippen molar-refractivity contribution >= 4 is 11.3 Å². The van der Waals surface area contributed by atoms with Crippen molar-refractivity contribution in [3.05, 3.63) is 22.4 Å². The summed E-state index contributed by atoms with van der Waals surface area (Å²) >= 11 is 1.90. The van der Waals surface area contributed by atoms with Crippen LogP contribution in [0.25, 0.3) is 0 Å². The van der Waals surface area contributed by atoms with Gasteiger partial charge in [0.25, 0.3) is 0 Å². The van der Waals surface area contributed by atoms with Gasteiger partial charge in [0, 0.05) is 23.0 Å². The van der Waals surface area contributed by atoms with Crippen molar-refractivity contribution in [1.29, 1.82) is 0 Å². The number of rotatable bonds is 3. The van der Waals surface area contributed by atoms with Crippen molar-refractivity contribution in [1.82, 2.24) is 10.2 Å². The Hall–Kier alpha value is -0.380. The quantitative estimate of drug-likeness (QED) is 0.887. The maximum atomic E-state index is 3.69. The fourth-order valence-electron chi connectivity index (χ4n) is 3.46. The topological polar surface area (TPSA) is 15.3 Å². The lowest BCUT2D eigenvalue weighted by Crippen LogP contribution is -2.44. The van der Waals surface area contributed by atoms with E-state index in [-0.39, 0.29) is 0 Å². The largest absolute Gasteiger partial charge is 0.312 e. The molecular formula is C14H22N2S. The van der Waals surface area contributed by atoms with Crippen LogP contribution >= 0.6 is 11.3 Å². The van der Waals surface area contributed by atoms with Gasteiger partial charge >= 0.3 is 0 Å². The van der Waals surface area contributed by atoms with E-state index >= 15 is 0 Å². The van der Waals surface area contributed by atoms with Crippen LogP contribution in [0.4, 0.5) is 0 Å². The summed E-state index contributed by atoms with van der Waals surface area (Å²) in [5.41, 5.74) is 0. The zero-order valence-electron chi connectivity index (χ0n) is 10.6. The standard InChI is InChI=1S/C14H22N2S/c1-11(14-7-4-10-17-14)16-9-3-6-13(16)12-5-2-8-15-12/h4,7,10-13,15H,2-3,5-6,8-9H2,1H3. The summed E-state index contributed by atoms with van der Waals surface area (Å²) in [4.78, 5) is 4.25. The second-order valence-electron chi connectivity index (χ2n) is 5.34. The molecule has 3 atom stereocenters. The molecule has 3 heteroatoms. The third-order valence-corrected chi connectivity index (χ3v) is 5.40. The SMILES string of the molecule is CC(c1cccs1)N1CCCC1C1CCCN1. The van der Waals surface area contributed by atoms with Crippen LogP contribution in [0.15, 0.2) is 17.5 Å². The van der Waals surface area contributed by atoms with Crippen LogP contribution in [0.5, 0.6) is 0 Å². The Labute approximate surface area is 108 Å². The number of thiophene rings is 1. The molecule has 1 aromatic rings. The summed E-state index contributed by atoms with van der Waals surface area (Å²) < 4.78 is 0. The van der Waals surface area contributed by atoms with Crippen LogP contribution in [0, 0.1) is 0 Å².